The smallest absolute Gasteiger partial charge is 0.0992 e. The number of hydrogen-bond donors (Lipinski definition) is 0. The Bertz CT molecular complexity index is 4020. The maximum absolute atomic E-state index is 10.1. The monoisotopic (exact) mass is 796 g/mol. The Kier molecular flexibility index (Phi) is 7.70. The van der Waals surface area contributed by atoms with Crippen molar-refractivity contribution in [2.45, 2.75) is 0 Å². The van der Waals surface area contributed by atoms with Crippen LogP contribution in [0.1, 0.15) is 5.56 Å². The summed E-state index contributed by atoms with van der Waals surface area (Å²) < 4.78 is 2.34. The van der Waals surface area contributed by atoms with Crippen LogP contribution in [0.5, 0.6) is 0 Å². The summed E-state index contributed by atoms with van der Waals surface area (Å²) in [5.41, 5.74) is 13.4. The number of hydrogen-bond acceptors (Lipinski definition) is 1. The third kappa shape index (κ3) is 5.51. The van der Waals surface area contributed by atoms with Gasteiger partial charge in [-0.3, -0.25) is 0 Å². The van der Waals surface area contributed by atoms with Gasteiger partial charge in [-0.25, -0.2) is 0 Å². The SMILES string of the molecule is N#Cc1cc2ccc3cc(-c4ccc5c(-c6ccc7ccccc7c6)c6cc(-c7ccccc7)ccc6c(-c6ccc7ccccc7c6)c5c4)cc4c3c2c(c1)n4-c1ccccc1. The molecule has 0 spiro atoms. The summed E-state index contributed by atoms with van der Waals surface area (Å²) in [5.74, 6) is 0. The van der Waals surface area contributed by atoms with Crippen molar-refractivity contribution in [1.29, 1.82) is 5.26 Å². The van der Waals surface area contributed by atoms with Gasteiger partial charge < -0.3 is 4.57 Å². The van der Waals surface area contributed by atoms with Gasteiger partial charge in [-0.05, 0) is 159 Å². The van der Waals surface area contributed by atoms with E-state index in [2.05, 4.69) is 217 Å². The highest BCUT2D eigenvalue weighted by molar-refractivity contribution is 6.26. The van der Waals surface area contributed by atoms with Crippen molar-refractivity contribution in [1.82, 2.24) is 4.57 Å². The molecule has 0 saturated heterocycles. The Morgan fingerprint density at radius 3 is 1.35 bits per heavy atom. The number of nitriles is 1. The minimum Gasteiger partial charge on any atom is -0.309 e. The normalized spacial score (nSPS) is 11.8. The van der Waals surface area contributed by atoms with Crippen molar-refractivity contribution in [3.63, 3.8) is 0 Å². The first-order valence-electron chi connectivity index (χ1n) is 21.5. The first-order chi connectivity index (χ1) is 31.2. The number of benzene rings is 12. The lowest BCUT2D eigenvalue weighted by molar-refractivity contribution is 1.18. The fraction of sp³-hybridized carbons (Fsp3) is 0. The van der Waals surface area contributed by atoms with Crippen LogP contribution in [0.25, 0.3) is 126 Å². The highest BCUT2D eigenvalue weighted by Gasteiger charge is 2.22. The van der Waals surface area contributed by atoms with Crippen molar-refractivity contribution in [3.8, 4) is 56.3 Å². The molecule has 0 aliphatic heterocycles. The van der Waals surface area contributed by atoms with Gasteiger partial charge >= 0.3 is 0 Å². The second-order valence-corrected chi connectivity index (χ2v) is 16.8. The molecule has 0 fully saturated rings. The van der Waals surface area contributed by atoms with E-state index in [0.717, 1.165) is 33.2 Å². The fourth-order valence-corrected chi connectivity index (χ4v) is 10.4. The average Bonchev–Trinajstić information content (AvgIpc) is 3.69. The van der Waals surface area contributed by atoms with E-state index in [0.29, 0.717) is 5.56 Å². The van der Waals surface area contributed by atoms with Gasteiger partial charge in [-0.2, -0.15) is 5.26 Å². The molecule has 13 aromatic rings. The quantitative estimate of drug-likeness (QED) is 0.126. The molecule has 0 aliphatic carbocycles. The lowest BCUT2D eigenvalue weighted by Gasteiger charge is -2.20. The van der Waals surface area contributed by atoms with Gasteiger partial charge in [0.1, 0.15) is 0 Å². The minimum absolute atomic E-state index is 0.659. The van der Waals surface area contributed by atoms with Crippen molar-refractivity contribution in [2.75, 3.05) is 0 Å². The van der Waals surface area contributed by atoms with Crippen LogP contribution in [0, 0.1) is 11.3 Å². The molecule has 290 valence electrons. The molecule has 2 nitrogen and oxygen atoms in total. The van der Waals surface area contributed by atoms with Gasteiger partial charge in [0, 0.05) is 16.5 Å². The Labute approximate surface area is 364 Å². The zero-order valence-corrected chi connectivity index (χ0v) is 34.2. The third-order valence-electron chi connectivity index (χ3n) is 13.2. The molecule has 0 unspecified atom stereocenters. The van der Waals surface area contributed by atoms with E-state index in [9.17, 15) is 5.26 Å². The van der Waals surface area contributed by atoms with Crippen LogP contribution >= 0.6 is 0 Å². The Morgan fingerprint density at radius 1 is 0.302 bits per heavy atom. The number of aromatic nitrogens is 1. The largest absolute Gasteiger partial charge is 0.309 e. The zero-order valence-electron chi connectivity index (χ0n) is 34.2. The number of fused-ring (bicyclic) bond motifs is 4. The van der Waals surface area contributed by atoms with Crippen LogP contribution < -0.4 is 0 Å². The molecule has 63 heavy (non-hydrogen) atoms. The molecule has 0 N–H and O–H groups in total. The summed E-state index contributed by atoms with van der Waals surface area (Å²) >= 11 is 0. The van der Waals surface area contributed by atoms with E-state index in [1.807, 2.05) is 12.1 Å². The fourth-order valence-electron chi connectivity index (χ4n) is 10.4. The summed E-state index contributed by atoms with van der Waals surface area (Å²) in [6, 6.07) is 82.2. The molecule has 0 radical (unpaired) electrons. The second kappa shape index (κ2) is 13.8. The third-order valence-corrected chi connectivity index (χ3v) is 13.2. The average molecular weight is 797 g/mol. The van der Waals surface area contributed by atoms with Crippen LogP contribution in [-0.4, -0.2) is 4.57 Å². The first kappa shape index (κ1) is 35.3. The van der Waals surface area contributed by atoms with Crippen LogP contribution in [0.2, 0.25) is 0 Å². The first-order valence-corrected chi connectivity index (χ1v) is 21.5. The van der Waals surface area contributed by atoms with Gasteiger partial charge in [0.05, 0.1) is 22.7 Å². The summed E-state index contributed by atoms with van der Waals surface area (Å²) in [5, 5.41) is 24.5. The molecule has 1 heterocycles. The molecule has 1 aromatic heterocycles. The van der Waals surface area contributed by atoms with Crippen molar-refractivity contribution in [3.05, 3.63) is 224 Å². The predicted molar refractivity (Wildman–Crippen MR) is 266 cm³/mol. The molecule has 0 atom stereocenters. The Hall–Kier alpha value is -8.51. The van der Waals surface area contributed by atoms with Crippen LogP contribution in [0.15, 0.2) is 218 Å². The van der Waals surface area contributed by atoms with E-state index < -0.39 is 0 Å². The van der Waals surface area contributed by atoms with E-state index in [-0.39, 0.29) is 0 Å². The van der Waals surface area contributed by atoms with Gasteiger partial charge in [0.25, 0.3) is 0 Å². The molecule has 2 heteroatoms. The second-order valence-electron chi connectivity index (χ2n) is 16.8. The van der Waals surface area contributed by atoms with Crippen LogP contribution in [0.3, 0.4) is 0 Å². The lowest BCUT2D eigenvalue weighted by atomic mass is 9.83. The van der Waals surface area contributed by atoms with Gasteiger partial charge in [0.15, 0.2) is 0 Å². The maximum Gasteiger partial charge on any atom is 0.0992 e. The molecular weight excluding hydrogens is 761 g/mol. The van der Waals surface area contributed by atoms with Crippen molar-refractivity contribution in [2.24, 2.45) is 0 Å². The van der Waals surface area contributed by atoms with Gasteiger partial charge in [-0.15, -0.1) is 0 Å². The summed E-state index contributed by atoms with van der Waals surface area (Å²) in [6.07, 6.45) is 0. The van der Waals surface area contributed by atoms with Crippen LogP contribution in [0.4, 0.5) is 0 Å². The summed E-state index contributed by atoms with van der Waals surface area (Å²) in [6.45, 7) is 0. The summed E-state index contributed by atoms with van der Waals surface area (Å²) in [4.78, 5) is 0. The Balaban J connectivity index is 1.14. The molecule has 0 saturated carbocycles. The standard InChI is InChI=1S/C61H36N2/c62-37-38-29-46-23-24-49-33-50(36-57-61(49)60(46)56(30-38)63(57)51-17-5-2-6-18-51)45-26-28-53-55(35-45)59(48-22-20-41-14-8-10-16-43(41)32-48)52-27-25-44(39-11-3-1-4-12-39)34-54(52)58(53)47-21-19-40-13-7-9-15-42(40)31-47/h1-36H. The van der Waals surface area contributed by atoms with Crippen molar-refractivity contribution < 1.29 is 0 Å². The molecule has 13 rings (SSSR count). The van der Waals surface area contributed by atoms with Crippen molar-refractivity contribution >= 4 is 75.7 Å². The zero-order chi connectivity index (χ0) is 41.6. The maximum atomic E-state index is 10.1. The van der Waals surface area contributed by atoms with Gasteiger partial charge in [-0.1, -0.05) is 158 Å². The van der Waals surface area contributed by atoms with E-state index >= 15 is 0 Å². The highest BCUT2D eigenvalue weighted by Crippen LogP contribution is 2.48. The molecule has 0 amide bonds. The highest BCUT2D eigenvalue weighted by atomic mass is 15.0. The van der Waals surface area contributed by atoms with Gasteiger partial charge in [0.2, 0.25) is 0 Å². The molecule has 0 bridgehead atoms. The van der Waals surface area contributed by atoms with Crippen LogP contribution in [-0.2, 0) is 0 Å². The topological polar surface area (TPSA) is 28.7 Å². The minimum atomic E-state index is 0.659. The van der Waals surface area contributed by atoms with E-state index in [1.165, 1.54) is 92.6 Å². The Morgan fingerprint density at radius 2 is 0.762 bits per heavy atom. The number of rotatable bonds is 5. The molecule has 12 aromatic carbocycles. The molecular formula is C61H36N2. The summed E-state index contributed by atoms with van der Waals surface area (Å²) in [7, 11) is 0. The van der Waals surface area contributed by atoms with E-state index in [1.54, 1.807) is 0 Å². The van der Waals surface area contributed by atoms with E-state index in [4.69, 9.17) is 0 Å². The lowest BCUT2D eigenvalue weighted by Crippen LogP contribution is -1.94. The molecule has 0 aliphatic rings. The predicted octanol–water partition coefficient (Wildman–Crippen LogP) is 16.5. The number of para-hydroxylation sites is 1. The number of nitrogens with zero attached hydrogens (tertiary/aromatic N) is 2.